The lowest BCUT2D eigenvalue weighted by Gasteiger charge is -2.21. The first kappa shape index (κ1) is 15.5. The molecule has 21 heavy (non-hydrogen) atoms. The molecule has 0 fully saturated rings. The normalized spacial score (nSPS) is 11.8. The van der Waals surface area contributed by atoms with Crippen molar-refractivity contribution in [1.29, 1.82) is 0 Å². The maximum atomic E-state index is 12.8. The summed E-state index contributed by atoms with van der Waals surface area (Å²) in [4.78, 5) is 0.314. The van der Waals surface area contributed by atoms with Gasteiger partial charge >= 0.3 is 0 Å². The van der Waals surface area contributed by atoms with Crippen LogP contribution >= 0.6 is 0 Å². The second kappa shape index (κ2) is 6.28. The number of sulfonamides is 1. The highest BCUT2D eigenvalue weighted by Crippen LogP contribution is 2.23. The van der Waals surface area contributed by atoms with Gasteiger partial charge in [-0.1, -0.05) is 37.3 Å². The monoisotopic (exact) mass is 304 g/mol. The Morgan fingerprint density at radius 2 is 1.76 bits per heavy atom. The second-order valence-electron chi connectivity index (χ2n) is 4.94. The van der Waals surface area contributed by atoms with Gasteiger partial charge in [-0.25, -0.2) is 8.42 Å². The lowest BCUT2D eigenvalue weighted by molar-refractivity contribution is 0.423. The largest absolute Gasteiger partial charge is 0.399 e. The summed E-state index contributed by atoms with van der Waals surface area (Å²) in [6, 6.07) is 14.5. The minimum atomic E-state index is -3.52. The number of benzene rings is 2. The number of hydrogen-bond donors (Lipinski definition) is 1. The molecule has 2 aromatic carbocycles. The molecule has 0 aromatic heterocycles. The quantitative estimate of drug-likeness (QED) is 0.864. The fraction of sp³-hybridized carbons (Fsp3) is 0.250. The molecule has 0 radical (unpaired) electrons. The van der Waals surface area contributed by atoms with Crippen molar-refractivity contribution in [3.63, 3.8) is 0 Å². The van der Waals surface area contributed by atoms with Crippen molar-refractivity contribution < 1.29 is 8.42 Å². The fourth-order valence-electron chi connectivity index (χ4n) is 2.25. The molecule has 0 spiro atoms. The van der Waals surface area contributed by atoms with Crippen LogP contribution in [-0.2, 0) is 16.6 Å². The predicted octanol–water partition coefficient (Wildman–Crippen LogP) is 2.79. The van der Waals surface area contributed by atoms with E-state index in [0.29, 0.717) is 29.2 Å². The number of aryl methyl sites for hydroxylation is 1. The van der Waals surface area contributed by atoms with E-state index in [1.165, 1.54) is 4.31 Å². The maximum Gasteiger partial charge on any atom is 0.243 e. The minimum absolute atomic E-state index is 0.314. The molecule has 5 heteroatoms. The second-order valence-corrected chi connectivity index (χ2v) is 6.85. The van der Waals surface area contributed by atoms with Crippen LogP contribution in [0.1, 0.15) is 18.1 Å². The third-order valence-electron chi connectivity index (χ3n) is 3.37. The first-order valence-electron chi connectivity index (χ1n) is 6.85. The van der Waals surface area contributed by atoms with Crippen molar-refractivity contribution in [2.45, 2.75) is 25.3 Å². The molecule has 0 aliphatic rings. The van der Waals surface area contributed by atoms with Crippen molar-refractivity contribution in [3.8, 4) is 0 Å². The third-order valence-corrected chi connectivity index (χ3v) is 5.45. The van der Waals surface area contributed by atoms with Gasteiger partial charge in [0, 0.05) is 18.8 Å². The van der Waals surface area contributed by atoms with Gasteiger partial charge < -0.3 is 5.73 Å². The molecule has 112 valence electrons. The van der Waals surface area contributed by atoms with Crippen LogP contribution in [0.5, 0.6) is 0 Å². The Kier molecular flexibility index (Phi) is 4.65. The first-order valence-corrected chi connectivity index (χ1v) is 8.29. The van der Waals surface area contributed by atoms with E-state index in [9.17, 15) is 8.42 Å². The van der Waals surface area contributed by atoms with Crippen LogP contribution in [0.25, 0.3) is 0 Å². The zero-order valence-corrected chi connectivity index (χ0v) is 13.1. The molecule has 0 aliphatic carbocycles. The number of nitrogen functional groups attached to an aromatic ring is 1. The van der Waals surface area contributed by atoms with Crippen LogP contribution in [0.4, 0.5) is 5.69 Å². The summed E-state index contributed by atoms with van der Waals surface area (Å²) in [6.07, 6.45) is 0. The molecule has 0 amide bonds. The molecule has 2 N–H and O–H groups in total. The smallest absolute Gasteiger partial charge is 0.243 e. The van der Waals surface area contributed by atoms with Crippen molar-refractivity contribution in [3.05, 3.63) is 59.7 Å². The highest BCUT2D eigenvalue weighted by atomic mass is 32.2. The molecular weight excluding hydrogens is 284 g/mol. The topological polar surface area (TPSA) is 63.4 Å². The third kappa shape index (κ3) is 3.43. The van der Waals surface area contributed by atoms with Crippen molar-refractivity contribution in [1.82, 2.24) is 4.31 Å². The number of nitrogens with two attached hydrogens (primary N) is 1. The Labute approximate surface area is 126 Å². The van der Waals surface area contributed by atoms with Gasteiger partial charge in [-0.15, -0.1) is 0 Å². The van der Waals surface area contributed by atoms with Gasteiger partial charge in [-0.2, -0.15) is 4.31 Å². The first-order chi connectivity index (χ1) is 9.95. The van der Waals surface area contributed by atoms with Crippen molar-refractivity contribution >= 4 is 15.7 Å². The van der Waals surface area contributed by atoms with E-state index in [0.717, 1.165) is 5.56 Å². The summed E-state index contributed by atoms with van der Waals surface area (Å²) in [6.45, 7) is 4.39. The molecule has 4 nitrogen and oxygen atoms in total. The highest BCUT2D eigenvalue weighted by molar-refractivity contribution is 7.89. The summed E-state index contributed by atoms with van der Waals surface area (Å²) in [5.41, 5.74) is 7.90. The van der Waals surface area contributed by atoms with E-state index < -0.39 is 10.0 Å². The lowest BCUT2D eigenvalue weighted by Crippen LogP contribution is -2.31. The predicted molar refractivity (Wildman–Crippen MR) is 85.3 cm³/mol. The summed E-state index contributed by atoms with van der Waals surface area (Å²) >= 11 is 0. The molecular formula is C16H20N2O2S. The summed E-state index contributed by atoms with van der Waals surface area (Å²) in [7, 11) is -3.52. The Balaban J connectivity index is 2.36. The highest BCUT2D eigenvalue weighted by Gasteiger charge is 2.24. The Morgan fingerprint density at radius 3 is 2.33 bits per heavy atom. The Hall–Kier alpha value is -1.85. The molecule has 0 aliphatic heterocycles. The molecule has 0 heterocycles. The zero-order chi connectivity index (χ0) is 15.5. The molecule has 2 aromatic rings. The van der Waals surface area contributed by atoms with E-state index >= 15 is 0 Å². The van der Waals surface area contributed by atoms with Crippen LogP contribution in [0.15, 0.2) is 53.4 Å². The van der Waals surface area contributed by atoms with Gasteiger partial charge in [-0.3, -0.25) is 0 Å². The molecule has 0 atom stereocenters. The van der Waals surface area contributed by atoms with Crippen LogP contribution in [0.3, 0.4) is 0 Å². The SMILES string of the molecule is CCN(Cc1ccccc1)S(=O)(=O)c1ccc(N)cc1C. The van der Waals surface area contributed by atoms with Gasteiger partial charge in [0.2, 0.25) is 10.0 Å². The fourth-order valence-corrected chi connectivity index (χ4v) is 3.90. The summed E-state index contributed by atoms with van der Waals surface area (Å²) in [5, 5.41) is 0. The summed E-state index contributed by atoms with van der Waals surface area (Å²) in [5.74, 6) is 0. The van der Waals surface area contributed by atoms with Gasteiger partial charge in [0.05, 0.1) is 4.90 Å². The molecule has 0 unspecified atom stereocenters. The van der Waals surface area contributed by atoms with Gasteiger partial charge in [0.25, 0.3) is 0 Å². The zero-order valence-electron chi connectivity index (χ0n) is 12.3. The van der Waals surface area contributed by atoms with Gasteiger partial charge in [-0.05, 0) is 36.2 Å². The van der Waals surface area contributed by atoms with Crippen LogP contribution in [-0.4, -0.2) is 19.3 Å². The number of nitrogens with zero attached hydrogens (tertiary/aromatic N) is 1. The Bertz CT molecular complexity index is 712. The van der Waals surface area contributed by atoms with E-state index in [1.807, 2.05) is 37.3 Å². The average Bonchev–Trinajstić information content (AvgIpc) is 2.45. The van der Waals surface area contributed by atoms with Crippen molar-refractivity contribution in [2.75, 3.05) is 12.3 Å². The van der Waals surface area contributed by atoms with Crippen LogP contribution in [0.2, 0.25) is 0 Å². The van der Waals surface area contributed by atoms with Crippen LogP contribution < -0.4 is 5.73 Å². The van der Waals surface area contributed by atoms with Crippen molar-refractivity contribution in [2.24, 2.45) is 0 Å². The van der Waals surface area contributed by atoms with E-state index in [1.54, 1.807) is 25.1 Å². The lowest BCUT2D eigenvalue weighted by atomic mass is 10.2. The Morgan fingerprint density at radius 1 is 1.10 bits per heavy atom. The van der Waals surface area contributed by atoms with Gasteiger partial charge in [0.1, 0.15) is 0 Å². The standard InChI is InChI=1S/C16H20N2O2S/c1-3-18(12-14-7-5-4-6-8-14)21(19,20)16-10-9-15(17)11-13(16)2/h4-11H,3,12,17H2,1-2H3. The molecule has 2 rings (SSSR count). The molecule has 0 saturated carbocycles. The van der Waals surface area contributed by atoms with E-state index in [2.05, 4.69) is 0 Å². The van der Waals surface area contributed by atoms with Crippen LogP contribution in [0, 0.1) is 6.92 Å². The average molecular weight is 304 g/mol. The van der Waals surface area contributed by atoms with E-state index in [-0.39, 0.29) is 0 Å². The maximum absolute atomic E-state index is 12.8. The number of anilines is 1. The van der Waals surface area contributed by atoms with E-state index in [4.69, 9.17) is 5.73 Å². The minimum Gasteiger partial charge on any atom is -0.399 e. The molecule has 0 bridgehead atoms. The molecule has 0 saturated heterocycles. The van der Waals surface area contributed by atoms with Gasteiger partial charge in [0.15, 0.2) is 0 Å². The number of rotatable bonds is 5. The summed E-state index contributed by atoms with van der Waals surface area (Å²) < 4.78 is 27.0. The number of hydrogen-bond acceptors (Lipinski definition) is 3.